The summed E-state index contributed by atoms with van der Waals surface area (Å²) in [5.74, 6) is 0.0303. The highest BCUT2D eigenvalue weighted by Crippen LogP contribution is 2.16. The summed E-state index contributed by atoms with van der Waals surface area (Å²) >= 11 is 0. The van der Waals surface area contributed by atoms with Gasteiger partial charge in [0.2, 0.25) is 11.8 Å². The van der Waals surface area contributed by atoms with E-state index in [0.29, 0.717) is 25.8 Å². The van der Waals surface area contributed by atoms with Gasteiger partial charge < -0.3 is 14.9 Å². The van der Waals surface area contributed by atoms with E-state index in [1.165, 1.54) is 4.90 Å². The number of hydrogen-bond acceptors (Lipinski definition) is 3. The second-order valence-electron chi connectivity index (χ2n) is 5.32. The normalized spacial score (nSPS) is 28.0. The summed E-state index contributed by atoms with van der Waals surface area (Å²) in [6.07, 6.45) is 1.13. The number of carbonyl (C=O) groups is 2. The van der Waals surface area contributed by atoms with E-state index in [1.807, 2.05) is 0 Å². The van der Waals surface area contributed by atoms with Crippen molar-refractivity contribution in [2.45, 2.75) is 44.4 Å². The quantitative estimate of drug-likeness (QED) is 0.802. The first kappa shape index (κ1) is 14.2. The Hall–Kier alpha value is -1.17. The number of aliphatic hydroxyl groups excluding tert-OH is 1. The number of likely N-dealkylation sites (tertiary alicyclic amines) is 2. The van der Waals surface area contributed by atoms with Gasteiger partial charge in [0.15, 0.2) is 0 Å². The van der Waals surface area contributed by atoms with E-state index in [0.717, 1.165) is 19.4 Å². The number of alkyl halides is 1. The van der Waals surface area contributed by atoms with E-state index >= 15 is 0 Å². The first-order valence-electron chi connectivity index (χ1n) is 6.95. The molecule has 19 heavy (non-hydrogen) atoms. The van der Waals surface area contributed by atoms with Crippen molar-refractivity contribution in [2.24, 2.45) is 0 Å². The lowest BCUT2D eigenvalue weighted by Crippen LogP contribution is -2.37. The van der Waals surface area contributed by atoms with Crippen LogP contribution in [-0.2, 0) is 9.59 Å². The fraction of sp³-hybridized carbons (Fsp3) is 0.846. The van der Waals surface area contributed by atoms with E-state index in [2.05, 4.69) is 0 Å². The average Bonchev–Trinajstić information content (AvgIpc) is 2.72. The smallest absolute Gasteiger partial charge is 0.222 e. The molecule has 2 aliphatic heterocycles. The van der Waals surface area contributed by atoms with Gasteiger partial charge in [0.1, 0.15) is 12.3 Å². The van der Waals surface area contributed by atoms with Crippen molar-refractivity contribution in [2.75, 3.05) is 26.2 Å². The minimum atomic E-state index is -1.33. The lowest BCUT2D eigenvalue weighted by Gasteiger charge is -2.26. The summed E-state index contributed by atoms with van der Waals surface area (Å²) < 4.78 is 13.1. The second kappa shape index (κ2) is 6.32. The first-order valence-corrected chi connectivity index (χ1v) is 6.95. The van der Waals surface area contributed by atoms with Gasteiger partial charge in [-0.15, -0.1) is 0 Å². The van der Waals surface area contributed by atoms with Crippen LogP contribution >= 0.6 is 0 Å². The van der Waals surface area contributed by atoms with Gasteiger partial charge >= 0.3 is 0 Å². The molecule has 5 nitrogen and oxygen atoms in total. The molecular weight excluding hydrogens is 251 g/mol. The fourth-order valence-corrected chi connectivity index (χ4v) is 2.63. The van der Waals surface area contributed by atoms with Crippen molar-refractivity contribution in [1.82, 2.24) is 9.80 Å². The molecule has 1 N–H and O–H groups in total. The maximum Gasteiger partial charge on any atom is 0.222 e. The standard InChI is InChI=1S/C13H21FN2O3/c14-10-8-16(9-11(10)17)13(19)5-3-7-15-6-2-1-4-12(15)18/h10-11,17H,1-9H2/t10-,11-/m1/s1. The van der Waals surface area contributed by atoms with Crippen molar-refractivity contribution >= 4 is 11.8 Å². The Balaban J connectivity index is 1.68. The van der Waals surface area contributed by atoms with Crippen molar-refractivity contribution in [3.8, 4) is 0 Å². The predicted octanol–water partition coefficient (Wildman–Crippen LogP) is 0.320. The number of halogens is 1. The van der Waals surface area contributed by atoms with E-state index in [9.17, 15) is 19.1 Å². The summed E-state index contributed by atoms with van der Waals surface area (Å²) in [6.45, 7) is 1.45. The maximum absolute atomic E-state index is 13.1. The Kier molecular flexibility index (Phi) is 4.74. The minimum absolute atomic E-state index is 0.0113. The largest absolute Gasteiger partial charge is 0.388 e. The molecule has 0 saturated carbocycles. The highest BCUT2D eigenvalue weighted by molar-refractivity contribution is 5.78. The third-order valence-corrected chi connectivity index (χ3v) is 3.81. The van der Waals surface area contributed by atoms with Crippen LogP contribution in [0.3, 0.4) is 0 Å². The van der Waals surface area contributed by atoms with Crippen LogP contribution in [0.2, 0.25) is 0 Å². The number of amides is 2. The molecule has 0 radical (unpaired) electrons. The summed E-state index contributed by atoms with van der Waals surface area (Å²) in [4.78, 5) is 26.5. The Bertz CT molecular complexity index is 341. The highest BCUT2D eigenvalue weighted by Gasteiger charge is 2.33. The van der Waals surface area contributed by atoms with Gasteiger partial charge in [-0.3, -0.25) is 9.59 Å². The Morgan fingerprint density at radius 2 is 2.16 bits per heavy atom. The number of nitrogens with zero attached hydrogens (tertiary/aromatic N) is 2. The number of carbonyl (C=O) groups excluding carboxylic acids is 2. The van der Waals surface area contributed by atoms with E-state index < -0.39 is 12.3 Å². The number of aliphatic hydroxyl groups is 1. The average molecular weight is 272 g/mol. The molecule has 0 aromatic rings. The maximum atomic E-state index is 13.1. The molecule has 0 spiro atoms. The number of hydrogen-bond donors (Lipinski definition) is 1. The summed E-state index contributed by atoms with van der Waals surface area (Å²) in [6, 6.07) is 0. The lowest BCUT2D eigenvalue weighted by molar-refractivity contribution is -0.135. The van der Waals surface area contributed by atoms with Gasteiger partial charge in [-0.1, -0.05) is 0 Å². The van der Waals surface area contributed by atoms with Crippen LogP contribution in [0, 0.1) is 0 Å². The zero-order valence-corrected chi connectivity index (χ0v) is 11.1. The molecule has 0 aromatic heterocycles. The zero-order valence-electron chi connectivity index (χ0n) is 11.1. The molecule has 0 aromatic carbocycles. The Labute approximate surface area is 112 Å². The molecule has 2 rings (SSSR count). The highest BCUT2D eigenvalue weighted by atomic mass is 19.1. The molecule has 6 heteroatoms. The van der Waals surface area contributed by atoms with Crippen molar-refractivity contribution in [3.63, 3.8) is 0 Å². The number of rotatable bonds is 4. The second-order valence-corrected chi connectivity index (χ2v) is 5.32. The molecule has 0 bridgehead atoms. The van der Waals surface area contributed by atoms with Crippen LogP contribution in [-0.4, -0.2) is 65.2 Å². The van der Waals surface area contributed by atoms with Crippen molar-refractivity contribution in [3.05, 3.63) is 0 Å². The zero-order chi connectivity index (χ0) is 13.8. The number of β-amino-alcohol motifs (C(OH)–C–C–N with tert-alkyl or cyclic N) is 1. The van der Waals surface area contributed by atoms with Crippen molar-refractivity contribution in [1.29, 1.82) is 0 Å². The van der Waals surface area contributed by atoms with Crippen LogP contribution in [0.25, 0.3) is 0 Å². The lowest BCUT2D eigenvalue weighted by atomic mass is 10.1. The molecule has 2 aliphatic rings. The summed E-state index contributed by atoms with van der Waals surface area (Å²) in [5, 5.41) is 9.26. The Morgan fingerprint density at radius 1 is 1.37 bits per heavy atom. The van der Waals surface area contributed by atoms with Crippen LogP contribution in [0.5, 0.6) is 0 Å². The molecule has 2 heterocycles. The molecule has 108 valence electrons. The predicted molar refractivity (Wildman–Crippen MR) is 67.1 cm³/mol. The molecule has 0 aliphatic carbocycles. The molecule has 2 fully saturated rings. The first-order chi connectivity index (χ1) is 9.08. The number of piperidine rings is 1. The topological polar surface area (TPSA) is 60.9 Å². The SMILES string of the molecule is O=C1CCCCN1CCCC(=O)N1C[C@@H](O)[C@H](F)C1. The van der Waals surface area contributed by atoms with E-state index in [1.54, 1.807) is 4.90 Å². The third-order valence-electron chi connectivity index (χ3n) is 3.81. The van der Waals surface area contributed by atoms with Gasteiger partial charge in [0, 0.05) is 32.5 Å². The summed E-state index contributed by atoms with van der Waals surface area (Å²) in [7, 11) is 0. The third kappa shape index (κ3) is 3.65. The minimum Gasteiger partial charge on any atom is -0.388 e. The van der Waals surface area contributed by atoms with Crippen LogP contribution in [0.1, 0.15) is 32.1 Å². The monoisotopic (exact) mass is 272 g/mol. The Morgan fingerprint density at radius 3 is 2.79 bits per heavy atom. The van der Waals surface area contributed by atoms with Gasteiger partial charge in [0.25, 0.3) is 0 Å². The van der Waals surface area contributed by atoms with Gasteiger partial charge in [-0.2, -0.15) is 0 Å². The van der Waals surface area contributed by atoms with Gasteiger partial charge in [0.05, 0.1) is 6.54 Å². The molecular formula is C13H21FN2O3. The van der Waals surface area contributed by atoms with E-state index in [-0.39, 0.29) is 24.9 Å². The molecule has 2 amide bonds. The fourth-order valence-electron chi connectivity index (χ4n) is 2.63. The molecule has 2 saturated heterocycles. The van der Waals surface area contributed by atoms with Gasteiger partial charge in [-0.25, -0.2) is 4.39 Å². The van der Waals surface area contributed by atoms with Crippen LogP contribution in [0.15, 0.2) is 0 Å². The molecule has 0 unspecified atom stereocenters. The molecule has 2 atom stereocenters. The van der Waals surface area contributed by atoms with E-state index in [4.69, 9.17) is 0 Å². The van der Waals surface area contributed by atoms with Crippen LogP contribution < -0.4 is 0 Å². The van der Waals surface area contributed by atoms with Gasteiger partial charge in [-0.05, 0) is 19.3 Å². The van der Waals surface area contributed by atoms with Crippen molar-refractivity contribution < 1.29 is 19.1 Å². The van der Waals surface area contributed by atoms with Crippen LogP contribution in [0.4, 0.5) is 4.39 Å². The summed E-state index contributed by atoms with van der Waals surface area (Å²) in [5.41, 5.74) is 0.